The first-order chi connectivity index (χ1) is 11.5. The highest BCUT2D eigenvalue weighted by Gasteiger charge is 2.86. The second kappa shape index (κ2) is 4.87. The number of hydrogen-bond acceptors (Lipinski definition) is 3. The molecule has 4 unspecified atom stereocenters. The first kappa shape index (κ1) is 17.5. The normalized spacial score (nSPS) is 36.5. The monoisotopic (exact) mass is 376 g/mol. The van der Waals surface area contributed by atoms with Crippen LogP contribution in [0.5, 0.6) is 0 Å². The maximum Gasteiger partial charge on any atom is 0.192 e. The van der Waals surface area contributed by atoms with Crippen molar-refractivity contribution in [2.24, 2.45) is 11.8 Å². The van der Waals surface area contributed by atoms with Gasteiger partial charge in [0.05, 0.1) is 10.5 Å². The molecule has 0 heterocycles. The summed E-state index contributed by atoms with van der Waals surface area (Å²) in [6.07, 6.45) is 5.90. The van der Waals surface area contributed by atoms with Crippen LogP contribution in [0.3, 0.4) is 0 Å². The summed E-state index contributed by atoms with van der Waals surface area (Å²) in [7, 11) is -5.49. The van der Waals surface area contributed by atoms with Gasteiger partial charge in [-0.05, 0) is 36.7 Å². The van der Waals surface area contributed by atoms with E-state index in [0.717, 1.165) is 6.42 Å². The third-order valence-corrected chi connectivity index (χ3v) is 14.3. The van der Waals surface area contributed by atoms with Crippen LogP contribution in [-0.2, 0) is 14.3 Å². The zero-order valence-electron chi connectivity index (χ0n) is 15.7. The Hall–Kier alpha value is -0.913. The summed E-state index contributed by atoms with van der Waals surface area (Å²) in [4.78, 5) is 0.441. The van der Waals surface area contributed by atoms with E-state index in [-0.39, 0.29) is 16.9 Å². The van der Waals surface area contributed by atoms with Crippen LogP contribution in [-0.4, -0.2) is 27.1 Å². The van der Waals surface area contributed by atoms with Crippen molar-refractivity contribution in [3.05, 3.63) is 42.5 Å². The van der Waals surface area contributed by atoms with Crippen molar-refractivity contribution >= 4 is 18.2 Å². The Morgan fingerprint density at radius 2 is 1.68 bits per heavy atom. The van der Waals surface area contributed by atoms with Crippen LogP contribution in [0.2, 0.25) is 18.1 Å². The van der Waals surface area contributed by atoms with Gasteiger partial charge < -0.3 is 4.43 Å². The van der Waals surface area contributed by atoms with Crippen LogP contribution in [0.25, 0.3) is 0 Å². The Kier molecular flexibility index (Phi) is 3.41. The van der Waals surface area contributed by atoms with Crippen LogP contribution < -0.4 is 0 Å². The molecule has 0 spiro atoms. The van der Waals surface area contributed by atoms with Gasteiger partial charge >= 0.3 is 0 Å². The molecule has 1 aromatic carbocycles. The Labute approximate surface area is 152 Å². The fraction of sp³-hybridized carbons (Fsp3) is 0.600. The summed E-state index contributed by atoms with van der Waals surface area (Å²) in [6.45, 7) is 11.1. The molecule has 0 saturated heterocycles. The molecule has 1 aromatic rings. The molecule has 3 aliphatic carbocycles. The number of allylic oxidation sites excluding steroid dienone is 1. The fourth-order valence-corrected chi connectivity index (χ4v) is 9.02. The van der Waals surface area contributed by atoms with E-state index in [2.05, 4.69) is 46.0 Å². The second-order valence-corrected chi connectivity index (χ2v) is 16.4. The van der Waals surface area contributed by atoms with Crippen molar-refractivity contribution in [2.75, 3.05) is 0 Å². The molecule has 2 saturated carbocycles. The summed E-state index contributed by atoms with van der Waals surface area (Å²) >= 11 is 0. The van der Waals surface area contributed by atoms with E-state index >= 15 is 0 Å². The summed E-state index contributed by atoms with van der Waals surface area (Å²) in [5.74, 6) is 0.331. The highest BCUT2D eigenvalue weighted by molar-refractivity contribution is 7.93. The molecule has 2 fully saturated rings. The Morgan fingerprint density at radius 3 is 2.28 bits per heavy atom. The summed E-state index contributed by atoms with van der Waals surface area (Å²) in [6, 6.07) is 8.95. The molecule has 0 aliphatic heterocycles. The molecule has 25 heavy (non-hydrogen) atoms. The molecule has 0 radical (unpaired) electrons. The first-order valence-corrected chi connectivity index (χ1v) is 13.6. The predicted molar refractivity (Wildman–Crippen MR) is 103 cm³/mol. The zero-order valence-corrected chi connectivity index (χ0v) is 17.6. The number of hydrogen-bond donors (Lipinski definition) is 0. The summed E-state index contributed by atoms with van der Waals surface area (Å²) < 4.78 is 33.4. The van der Waals surface area contributed by atoms with E-state index in [0.29, 0.717) is 11.3 Å². The summed E-state index contributed by atoms with van der Waals surface area (Å²) in [5.41, 5.74) is -0.510. The van der Waals surface area contributed by atoms with E-state index in [1.54, 1.807) is 12.1 Å². The van der Waals surface area contributed by atoms with Gasteiger partial charge in [-0.2, -0.15) is 0 Å². The maximum absolute atomic E-state index is 13.6. The Bertz CT molecular complexity index is 837. The van der Waals surface area contributed by atoms with Gasteiger partial charge in [0.2, 0.25) is 0 Å². The molecule has 4 atom stereocenters. The molecule has 0 N–H and O–H groups in total. The second-order valence-electron chi connectivity index (χ2n) is 9.47. The molecule has 4 rings (SSSR count). The summed E-state index contributed by atoms with van der Waals surface area (Å²) in [5, 5.41) is 0.0676. The van der Waals surface area contributed by atoms with Crippen LogP contribution in [0.15, 0.2) is 47.4 Å². The van der Waals surface area contributed by atoms with Crippen LogP contribution in [0.1, 0.15) is 33.6 Å². The van der Waals surface area contributed by atoms with Crippen molar-refractivity contribution in [3.63, 3.8) is 0 Å². The number of sulfone groups is 1. The van der Waals surface area contributed by atoms with Crippen molar-refractivity contribution in [1.29, 1.82) is 0 Å². The largest absolute Gasteiger partial charge is 0.409 e. The predicted octanol–water partition coefficient (Wildman–Crippen LogP) is 4.57. The zero-order chi connectivity index (χ0) is 18.3. The van der Waals surface area contributed by atoms with Gasteiger partial charge in [-0.1, -0.05) is 51.1 Å². The lowest BCUT2D eigenvalue weighted by molar-refractivity contribution is 0.121. The highest BCUT2D eigenvalue weighted by Crippen LogP contribution is 2.76. The van der Waals surface area contributed by atoms with Crippen molar-refractivity contribution in [1.82, 2.24) is 0 Å². The molecule has 0 aromatic heterocycles. The minimum absolute atomic E-state index is 0.0676. The highest BCUT2D eigenvalue weighted by atomic mass is 32.2. The van der Waals surface area contributed by atoms with Gasteiger partial charge in [0.1, 0.15) is 4.75 Å². The topological polar surface area (TPSA) is 43.4 Å². The number of fused-ring (bicyclic) bond motifs is 5. The molecule has 5 heteroatoms. The number of benzene rings is 1. The van der Waals surface area contributed by atoms with Gasteiger partial charge in [0, 0.05) is 18.3 Å². The maximum atomic E-state index is 13.6. The molecular weight excluding hydrogens is 348 g/mol. The Balaban J connectivity index is 1.80. The smallest absolute Gasteiger partial charge is 0.192 e. The van der Waals surface area contributed by atoms with E-state index in [9.17, 15) is 8.42 Å². The molecule has 3 aliphatic rings. The minimum Gasteiger partial charge on any atom is -0.409 e. The van der Waals surface area contributed by atoms with Crippen LogP contribution >= 0.6 is 0 Å². The quantitative estimate of drug-likeness (QED) is 0.571. The van der Waals surface area contributed by atoms with Gasteiger partial charge in [0.25, 0.3) is 0 Å². The van der Waals surface area contributed by atoms with E-state index in [4.69, 9.17) is 4.43 Å². The van der Waals surface area contributed by atoms with Crippen molar-refractivity contribution < 1.29 is 12.8 Å². The van der Waals surface area contributed by atoms with E-state index in [1.165, 1.54) is 0 Å². The molecule has 3 nitrogen and oxygen atoms in total. The fourth-order valence-electron chi connectivity index (χ4n) is 4.76. The van der Waals surface area contributed by atoms with Gasteiger partial charge in [0.15, 0.2) is 18.2 Å². The van der Waals surface area contributed by atoms with Gasteiger partial charge in [-0.15, -0.1) is 0 Å². The third-order valence-electron chi connectivity index (χ3n) is 7.17. The standard InChI is InChI=1S/C20H28O3SSi/c1-18(2,3)25(4,5)23-19-14-20(19,16-12-11-15(19)13-16)24(21,22)17-9-7-6-8-10-17/h6-12,15-16H,13-14H2,1-5H3. The van der Waals surface area contributed by atoms with E-state index in [1.807, 2.05) is 18.2 Å². The van der Waals surface area contributed by atoms with E-state index < -0.39 is 28.5 Å². The average molecular weight is 377 g/mol. The lowest BCUT2D eigenvalue weighted by atomic mass is 10.0. The Morgan fingerprint density at radius 1 is 1.08 bits per heavy atom. The molecule has 136 valence electrons. The molecule has 0 amide bonds. The number of rotatable bonds is 4. The van der Waals surface area contributed by atoms with Gasteiger partial charge in [-0.25, -0.2) is 8.42 Å². The molecule has 2 bridgehead atoms. The first-order valence-electron chi connectivity index (χ1n) is 9.16. The van der Waals surface area contributed by atoms with Crippen LogP contribution in [0.4, 0.5) is 0 Å². The lowest BCUT2D eigenvalue weighted by Crippen LogP contribution is -2.50. The molecular formula is C20H28O3SSi. The average Bonchev–Trinajstić information content (AvgIpc) is 2.88. The van der Waals surface area contributed by atoms with Crippen LogP contribution in [0, 0.1) is 11.8 Å². The minimum atomic E-state index is -3.43. The lowest BCUT2D eigenvalue weighted by Gasteiger charge is -2.42. The SMILES string of the molecule is CC(C)(C)[Si](C)(C)OC12CC1(S(=O)(=O)c1ccccc1)C1C=CC2C1. The van der Waals surface area contributed by atoms with Crippen molar-refractivity contribution in [3.8, 4) is 0 Å². The van der Waals surface area contributed by atoms with Crippen molar-refractivity contribution in [2.45, 2.75) is 67.0 Å². The third kappa shape index (κ3) is 2.03. The van der Waals surface area contributed by atoms with Gasteiger partial charge in [-0.3, -0.25) is 0 Å².